The lowest BCUT2D eigenvalue weighted by Crippen LogP contribution is -2.36. The predicted molar refractivity (Wildman–Crippen MR) is 71.0 cm³/mol. The van der Waals surface area contributed by atoms with E-state index in [1.165, 1.54) is 12.1 Å². The summed E-state index contributed by atoms with van der Waals surface area (Å²) in [4.78, 5) is 11.6. The van der Waals surface area contributed by atoms with E-state index in [4.69, 9.17) is 17.3 Å². The van der Waals surface area contributed by atoms with Crippen molar-refractivity contribution in [1.82, 2.24) is 0 Å². The molecule has 0 aliphatic heterocycles. The van der Waals surface area contributed by atoms with Crippen molar-refractivity contribution in [2.75, 3.05) is 17.3 Å². The largest absolute Gasteiger partial charge is 0.322 e. The number of nitrogens with two attached hydrogens (primary N) is 1. The summed E-state index contributed by atoms with van der Waals surface area (Å²) in [7, 11) is 0. The van der Waals surface area contributed by atoms with Gasteiger partial charge in [-0.05, 0) is 30.6 Å². The molecule has 0 saturated heterocycles. The van der Waals surface area contributed by atoms with Crippen LogP contribution in [0.2, 0.25) is 5.02 Å². The molecule has 3 N–H and O–H groups in total. The first-order valence-electron chi connectivity index (χ1n) is 5.05. The highest BCUT2D eigenvalue weighted by atomic mass is 35.5. The molecule has 1 atom stereocenters. The van der Waals surface area contributed by atoms with Gasteiger partial charge in [-0.3, -0.25) is 4.79 Å². The highest BCUT2D eigenvalue weighted by Crippen LogP contribution is 2.22. The van der Waals surface area contributed by atoms with Gasteiger partial charge in [0.2, 0.25) is 5.91 Å². The van der Waals surface area contributed by atoms with Crippen molar-refractivity contribution in [2.24, 2.45) is 5.73 Å². The van der Waals surface area contributed by atoms with Crippen molar-refractivity contribution in [1.29, 1.82) is 0 Å². The van der Waals surface area contributed by atoms with Crippen molar-refractivity contribution in [3.05, 3.63) is 29.0 Å². The molecule has 0 unspecified atom stereocenters. The van der Waals surface area contributed by atoms with Crippen LogP contribution >= 0.6 is 23.4 Å². The van der Waals surface area contributed by atoms with Crippen molar-refractivity contribution in [2.45, 2.75) is 12.5 Å². The number of benzene rings is 1. The Kier molecular flexibility index (Phi) is 5.74. The van der Waals surface area contributed by atoms with Gasteiger partial charge in [-0.25, -0.2) is 4.39 Å². The average Bonchev–Trinajstić information content (AvgIpc) is 2.31. The predicted octanol–water partition coefficient (Wildman–Crippen LogP) is 2.50. The molecule has 0 aliphatic carbocycles. The topological polar surface area (TPSA) is 55.1 Å². The third-order valence-corrected chi connectivity index (χ3v) is 3.12. The van der Waals surface area contributed by atoms with E-state index < -0.39 is 17.8 Å². The van der Waals surface area contributed by atoms with E-state index in [-0.39, 0.29) is 10.7 Å². The summed E-state index contributed by atoms with van der Waals surface area (Å²) < 4.78 is 13.5. The van der Waals surface area contributed by atoms with Gasteiger partial charge in [0.15, 0.2) is 5.82 Å². The summed E-state index contributed by atoms with van der Waals surface area (Å²) >= 11 is 7.20. The molecule has 3 nitrogen and oxygen atoms in total. The highest BCUT2D eigenvalue weighted by Gasteiger charge is 2.15. The van der Waals surface area contributed by atoms with E-state index in [2.05, 4.69) is 5.32 Å². The Morgan fingerprint density at radius 1 is 1.65 bits per heavy atom. The van der Waals surface area contributed by atoms with E-state index in [1.54, 1.807) is 17.8 Å². The van der Waals surface area contributed by atoms with Crippen LogP contribution < -0.4 is 11.1 Å². The maximum Gasteiger partial charge on any atom is 0.241 e. The Morgan fingerprint density at radius 3 is 3.00 bits per heavy atom. The lowest BCUT2D eigenvalue weighted by Gasteiger charge is -2.12. The van der Waals surface area contributed by atoms with Crippen molar-refractivity contribution in [3.8, 4) is 0 Å². The number of amides is 1. The van der Waals surface area contributed by atoms with Crippen LogP contribution in [0.5, 0.6) is 0 Å². The second kappa shape index (κ2) is 6.83. The lowest BCUT2D eigenvalue weighted by atomic mass is 10.2. The van der Waals surface area contributed by atoms with Crippen LogP contribution in [0.3, 0.4) is 0 Å². The van der Waals surface area contributed by atoms with Gasteiger partial charge in [0, 0.05) is 0 Å². The quantitative estimate of drug-likeness (QED) is 0.869. The Hall–Kier alpha value is -0.780. The van der Waals surface area contributed by atoms with Crippen molar-refractivity contribution < 1.29 is 9.18 Å². The standard InChI is InChI=1S/C11H14ClFN2OS/c1-17-6-5-8(14)11(16)15-9-4-2-3-7(12)10(9)13/h2-4,8H,5-6,14H2,1H3,(H,15,16)/t8-/m1/s1. The van der Waals surface area contributed by atoms with Crippen LogP contribution in [0.15, 0.2) is 18.2 Å². The number of thioether (sulfide) groups is 1. The number of halogens is 2. The smallest absolute Gasteiger partial charge is 0.241 e. The van der Waals surface area contributed by atoms with Crippen LogP contribution in [0.1, 0.15) is 6.42 Å². The molecular formula is C11H14ClFN2OS. The zero-order valence-corrected chi connectivity index (χ0v) is 10.9. The first-order valence-corrected chi connectivity index (χ1v) is 6.83. The number of carbonyl (C=O) groups excluding carboxylic acids is 1. The van der Waals surface area contributed by atoms with Gasteiger partial charge in [-0.1, -0.05) is 17.7 Å². The van der Waals surface area contributed by atoms with Crippen LogP contribution in [-0.4, -0.2) is 24.0 Å². The van der Waals surface area contributed by atoms with Gasteiger partial charge in [0.25, 0.3) is 0 Å². The van der Waals surface area contributed by atoms with E-state index in [0.29, 0.717) is 6.42 Å². The van der Waals surface area contributed by atoms with Crippen LogP contribution in [0, 0.1) is 5.82 Å². The molecule has 17 heavy (non-hydrogen) atoms. The molecular weight excluding hydrogens is 263 g/mol. The van der Waals surface area contributed by atoms with Gasteiger partial charge in [0.05, 0.1) is 16.8 Å². The molecule has 0 fully saturated rings. The second-order valence-electron chi connectivity index (χ2n) is 3.48. The number of hydrogen-bond acceptors (Lipinski definition) is 3. The molecule has 94 valence electrons. The summed E-state index contributed by atoms with van der Waals surface area (Å²) in [5.41, 5.74) is 5.72. The first kappa shape index (κ1) is 14.3. The van der Waals surface area contributed by atoms with Crippen LogP contribution in [0.25, 0.3) is 0 Å². The van der Waals surface area contributed by atoms with Gasteiger partial charge < -0.3 is 11.1 Å². The van der Waals surface area contributed by atoms with E-state index in [1.807, 2.05) is 6.26 Å². The van der Waals surface area contributed by atoms with Crippen LogP contribution in [-0.2, 0) is 4.79 Å². The molecule has 1 aromatic rings. The molecule has 6 heteroatoms. The molecule has 0 aromatic heterocycles. The molecule has 0 bridgehead atoms. The summed E-state index contributed by atoms with van der Waals surface area (Å²) in [6, 6.07) is 3.79. The molecule has 1 aromatic carbocycles. The zero-order chi connectivity index (χ0) is 12.8. The zero-order valence-electron chi connectivity index (χ0n) is 9.37. The lowest BCUT2D eigenvalue weighted by molar-refractivity contribution is -0.117. The van der Waals surface area contributed by atoms with E-state index in [0.717, 1.165) is 5.75 Å². The fraction of sp³-hybridized carbons (Fsp3) is 0.364. The van der Waals surface area contributed by atoms with E-state index >= 15 is 0 Å². The molecule has 0 saturated carbocycles. The molecule has 0 aliphatic rings. The van der Waals surface area contributed by atoms with Crippen molar-refractivity contribution >= 4 is 35.0 Å². The molecule has 0 spiro atoms. The number of hydrogen-bond donors (Lipinski definition) is 2. The van der Waals surface area contributed by atoms with Gasteiger partial charge in [-0.15, -0.1) is 0 Å². The van der Waals surface area contributed by atoms with Crippen molar-refractivity contribution in [3.63, 3.8) is 0 Å². The SMILES string of the molecule is CSCC[C@@H](N)C(=O)Nc1cccc(Cl)c1F. The summed E-state index contributed by atoms with van der Waals surface area (Å²) in [6.45, 7) is 0. The third kappa shape index (κ3) is 4.18. The highest BCUT2D eigenvalue weighted by molar-refractivity contribution is 7.98. The number of nitrogens with one attached hydrogen (secondary N) is 1. The summed E-state index contributed by atoms with van der Waals surface area (Å²) in [5.74, 6) is -0.258. The van der Waals surface area contributed by atoms with Gasteiger partial charge >= 0.3 is 0 Å². The Balaban J connectivity index is 2.64. The molecule has 0 heterocycles. The number of carbonyl (C=O) groups is 1. The fourth-order valence-corrected chi connectivity index (χ4v) is 1.87. The first-order chi connectivity index (χ1) is 8.06. The normalized spacial score (nSPS) is 12.2. The molecule has 1 amide bonds. The Labute approximate surface area is 109 Å². The fourth-order valence-electron chi connectivity index (χ4n) is 1.20. The summed E-state index contributed by atoms with van der Waals surface area (Å²) in [5, 5.41) is 2.40. The van der Waals surface area contributed by atoms with E-state index in [9.17, 15) is 9.18 Å². The van der Waals surface area contributed by atoms with Crippen LogP contribution in [0.4, 0.5) is 10.1 Å². The number of rotatable bonds is 5. The molecule has 1 rings (SSSR count). The maximum absolute atomic E-state index is 13.5. The second-order valence-corrected chi connectivity index (χ2v) is 4.87. The minimum absolute atomic E-state index is 0.0273. The molecule has 0 radical (unpaired) electrons. The monoisotopic (exact) mass is 276 g/mol. The Bertz CT molecular complexity index is 403. The van der Waals surface area contributed by atoms with Gasteiger partial charge in [-0.2, -0.15) is 11.8 Å². The maximum atomic E-state index is 13.5. The minimum Gasteiger partial charge on any atom is -0.322 e. The third-order valence-electron chi connectivity index (χ3n) is 2.18. The van der Waals surface area contributed by atoms with Gasteiger partial charge in [0.1, 0.15) is 0 Å². The average molecular weight is 277 g/mol. The minimum atomic E-state index is -0.639. The number of anilines is 1. The summed E-state index contributed by atoms with van der Waals surface area (Å²) in [6.07, 6.45) is 2.48. The Morgan fingerprint density at radius 2 is 2.35 bits per heavy atom.